The molecule has 1 aromatic heterocycles. The van der Waals surface area contributed by atoms with Gasteiger partial charge in [0.05, 0.1) is 29.6 Å². The highest BCUT2D eigenvalue weighted by Crippen LogP contribution is 2.43. The van der Waals surface area contributed by atoms with Gasteiger partial charge in [-0.3, -0.25) is 4.79 Å². The third-order valence-corrected chi connectivity index (χ3v) is 7.30. The third kappa shape index (κ3) is 3.67. The average Bonchev–Trinajstić information content (AvgIpc) is 3.31. The van der Waals surface area contributed by atoms with Crippen molar-refractivity contribution in [2.24, 2.45) is 7.05 Å². The van der Waals surface area contributed by atoms with Crippen LogP contribution in [0.15, 0.2) is 35.1 Å². The first-order chi connectivity index (χ1) is 17.1. The van der Waals surface area contributed by atoms with E-state index in [4.69, 9.17) is 14.2 Å². The maximum atomic E-state index is 13.2. The fourth-order valence-electron chi connectivity index (χ4n) is 5.15. The van der Waals surface area contributed by atoms with Crippen LogP contribution in [0.5, 0.6) is 11.5 Å². The summed E-state index contributed by atoms with van der Waals surface area (Å²) in [5, 5.41) is 61.7. The summed E-state index contributed by atoms with van der Waals surface area (Å²) in [6, 6.07) is 8.43. The number of aromatic hydroxyl groups is 1. The summed E-state index contributed by atoms with van der Waals surface area (Å²) >= 11 is 0. The Morgan fingerprint density at radius 2 is 1.86 bits per heavy atom. The molecule has 1 saturated heterocycles. The van der Waals surface area contributed by atoms with Crippen molar-refractivity contribution in [3.8, 4) is 11.5 Å². The zero-order valence-electron chi connectivity index (χ0n) is 19.7. The van der Waals surface area contributed by atoms with Gasteiger partial charge in [-0.1, -0.05) is 12.1 Å². The summed E-state index contributed by atoms with van der Waals surface area (Å²) < 4.78 is 19.3. The summed E-state index contributed by atoms with van der Waals surface area (Å²) in [5.41, 5.74) is 0.00268. The molecule has 7 atom stereocenters. The number of phenolic OH excluding ortho intramolecular Hbond substituents is 1. The van der Waals surface area contributed by atoms with E-state index in [-0.39, 0.29) is 23.0 Å². The summed E-state index contributed by atoms with van der Waals surface area (Å²) in [5.74, 6) is 0.0728. The van der Waals surface area contributed by atoms with Crippen LogP contribution in [0.1, 0.15) is 12.5 Å². The number of fused-ring (bicyclic) bond motifs is 4. The predicted octanol–water partition coefficient (Wildman–Crippen LogP) is -0.732. The molecule has 194 valence electrons. The minimum atomic E-state index is -1.66. The van der Waals surface area contributed by atoms with Crippen molar-refractivity contribution >= 4 is 21.8 Å². The van der Waals surface area contributed by atoms with E-state index in [1.165, 1.54) is 13.0 Å². The predicted molar refractivity (Wildman–Crippen MR) is 127 cm³/mol. The maximum Gasteiger partial charge on any atom is 0.200 e. The van der Waals surface area contributed by atoms with Crippen LogP contribution in [0, 0.1) is 0 Å². The second-order valence-corrected chi connectivity index (χ2v) is 9.60. The number of ether oxygens (including phenoxy) is 3. The molecule has 11 nitrogen and oxygen atoms in total. The largest absolute Gasteiger partial charge is 0.507 e. The molecule has 5 rings (SSSR count). The number of nitrogens with zero attached hydrogens (tertiary/aromatic N) is 1. The first-order valence-electron chi connectivity index (χ1n) is 11.6. The lowest BCUT2D eigenvalue weighted by Crippen LogP contribution is -2.62. The van der Waals surface area contributed by atoms with Crippen LogP contribution in [0.2, 0.25) is 0 Å². The molecule has 6 N–H and O–H groups in total. The Bertz CT molecular complexity index is 1370. The number of rotatable bonds is 5. The van der Waals surface area contributed by atoms with E-state index in [2.05, 4.69) is 0 Å². The van der Waals surface area contributed by atoms with Crippen LogP contribution in [-0.4, -0.2) is 90.8 Å². The molecule has 0 radical (unpaired) electrons. The monoisotopic (exact) mass is 503 g/mol. The molecule has 0 aliphatic carbocycles. The number of phenols is 1. The molecular weight excluding hydrogens is 474 g/mol. The number of aryl methyl sites for hydroxylation is 1. The van der Waals surface area contributed by atoms with Crippen molar-refractivity contribution in [3.05, 3.63) is 46.1 Å². The zero-order chi connectivity index (χ0) is 25.9. The van der Waals surface area contributed by atoms with E-state index in [1.807, 2.05) is 10.6 Å². The van der Waals surface area contributed by atoms with Crippen LogP contribution in [0.25, 0.3) is 21.8 Å². The second-order valence-electron chi connectivity index (χ2n) is 9.60. The van der Waals surface area contributed by atoms with Gasteiger partial charge in [-0.25, -0.2) is 0 Å². The van der Waals surface area contributed by atoms with Gasteiger partial charge in [0.25, 0.3) is 0 Å². The molecular formula is C25H29NO10. The highest BCUT2D eigenvalue weighted by atomic mass is 16.7. The topological polar surface area (TPSA) is 171 Å². The standard InChI is InChI=1S/C25H29NO10/c1-25(10-28,36-24-23(33)22(32)21(31)16(9-27)35-24)17-7-12-15(34-17)8-14(29)18-19(12)26(2)13-6-4-3-5-11(13)20(18)30/h3-6,8,16-17,21-24,27-29,31-33H,7,9-10H2,1-2H3/t16?,17?,21-,22?,23-,24-,25?/m1/s1. The van der Waals surface area contributed by atoms with Crippen molar-refractivity contribution < 1.29 is 44.8 Å². The quantitative estimate of drug-likeness (QED) is 0.244. The highest BCUT2D eigenvalue weighted by molar-refractivity contribution is 5.99. The van der Waals surface area contributed by atoms with Gasteiger partial charge in [-0.2, -0.15) is 0 Å². The molecule has 3 heterocycles. The van der Waals surface area contributed by atoms with Gasteiger partial charge >= 0.3 is 0 Å². The first-order valence-corrected chi connectivity index (χ1v) is 11.6. The van der Waals surface area contributed by atoms with Crippen LogP contribution in [-0.2, 0) is 22.9 Å². The summed E-state index contributed by atoms with van der Waals surface area (Å²) in [7, 11) is 1.78. The van der Waals surface area contributed by atoms with Gasteiger partial charge in [-0.15, -0.1) is 0 Å². The van der Waals surface area contributed by atoms with E-state index < -0.39 is 55.6 Å². The van der Waals surface area contributed by atoms with E-state index in [9.17, 15) is 35.4 Å². The Morgan fingerprint density at radius 1 is 1.14 bits per heavy atom. The SMILES string of the molecule is Cn1c2ccccc2c(=O)c2c(O)cc3c(c21)CC(C(C)(CO)O[C@H]1OC(CO)[C@@H](O)C(O)[C@H]1O)O3. The van der Waals surface area contributed by atoms with Gasteiger partial charge in [0.15, 0.2) is 6.29 Å². The molecule has 0 bridgehead atoms. The molecule has 11 heteroatoms. The molecule has 4 unspecified atom stereocenters. The maximum absolute atomic E-state index is 13.2. The van der Waals surface area contributed by atoms with E-state index in [1.54, 1.807) is 25.2 Å². The zero-order valence-corrected chi connectivity index (χ0v) is 19.7. The van der Waals surface area contributed by atoms with Crippen molar-refractivity contribution in [2.75, 3.05) is 13.2 Å². The van der Waals surface area contributed by atoms with Crippen molar-refractivity contribution in [3.63, 3.8) is 0 Å². The Labute approximate surface area is 205 Å². The smallest absolute Gasteiger partial charge is 0.200 e. The number of aliphatic hydroxyl groups is 5. The number of pyridine rings is 1. The fraction of sp³-hybridized carbons (Fsp3) is 0.480. The van der Waals surface area contributed by atoms with Crippen molar-refractivity contribution in [1.82, 2.24) is 4.57 Å². The minimum Gasteiger partial charge on any atom is -0.507 e. The molecule has 0 amide bonds. The molecule has 0 saturated carbocycles. The molecule has 0 spiro atoms. The molecule has 2 aliphatic heterocycles. The minimum absolute atomic E-state index is 0.153. The van der Waals surface area contributed by atoms with E-state index in [0.717, 1.165) is 0 Å². The highest BCUT2D eigenvalue weighted by Gasteiger charge is 2.50. The molecule has 2 aromatic carbocycles. The summed E-state index contributed by atoms with van der Waals surface area (Å²) in [6.07, 6.45) is -8.17. The van der Waals surface area contributed by atoms with Crippen molar-refractivity contribution in [2.45, 2.75) is 55.8 Å². The van der Waals surface area contributed by atoms with E-state index in [0.29, 0.717) is 27.7 Å². The number of aromatic nitrogens is 1. The Kier molecular flexibility index (Phi) is 6.20. The van der Waals surface area contributed by atoms with E-state index >= 15 is 0 Å². The van der Waals surface area contributed by atoms with Gasteiger partial charge in [0.1, 0.15) is 47.6 Å². The van der Waals surface area contributed by atoms with Gasteiger partial charge < -0.3 is 49.4 Å². The lowest BCUT2D eigenvalue weighted by molar-refractivity contribution is -0.335. The van der Waals surface area contributed by atoms with Gasteiger partial charge in [0, 0.05) is 30.5 Å². The Morgan fingerprint density at radius 3 is 2.56 bits per heavy atom. The number of para-hydroxylation sites is 1. The number of hydrogen-bond acceptors (Lipinski definition) is 10. The van der Waals surface area contributed by atoms with Gasteiger partial charge in [-0.05, 0) is 19.1 Å². The normalized spacial score (nSPS) is 29.8. The molecule has 2 aliphatic rings. The van der Waals surface area contributed by atoms with Gasteiger partial charge in [0.2, 0.25) is 5.43 Å². The summed E-state index contributed by atoms with van der Waals surface area (Å²) in [4.78, 5) is 13.2. The molecule has 3 aromatic rings. The van der Waals surface area contributed by atoms with Crippen LogP contribution in [0.3, 0.4) is 0 Å². The number of aliphatic hydroxyl groups excluding tert-OH is 5. The van der Waals surface area contributed by atoms with Crippen LogP contribution < -0.4 is 10.2 Å². The average molecular weight is 504 g/mol. The summed E-state index contributed by atoms with van der Waals surface area (Å²) in [6.45, 7) is 0.327. The lowest BCUT2D eigenvalue weighted by Gasteiger charge is -2.44. The lowest BCUT2D eigenvalue weighted by atomic mass is 9.93. The molecule has 36 heavy (non-hydrogen) atoms. The molecule has 1 fully saturated rings. The second kappa shape index (κ2) is 8.96. The van der Waals surface area contributed by atoms with Crippen LogP contribution >= 0.6 is 0 Å². The fourth-order valence-corrected chi connectivity index (χ4v) is 5.15. The number of benzene rings is 2. The first kappa shape index (κ1) is 24.9. The van der Waals surface area contributed by atoms with Crippen molar-refractivity contribution in [1.29, 1.82) is 0 Å². The number of hydrogen-bond donors (Lipinski definition) is 6. The van der Waals surface area contributed by atoms with Crippen LogP contribution in [0.4, 0.5) is 0 Å². The Balaban J connectivity index is 1.53. The third-order valence-electron chi connectivity index (χ3n) is 7.30. The Hall–Kier alpha value is -2.77.